The summed E-state index contributed by atoms with van der Waals surface area (Å²) in [5.74, 6) is 1.37. The molecule has 0 fully saturated rings. The van der Waals surface area contributed by atoms with Crippen LogP contribution in [0.25, 0.3) is 11.4 Å². The molecule has 0 aliphatic heterocycles. The molecule has 1 aromatic carbocycles. The molecule has 0 amide bonds. The van der Waals surface area contributed by atoms with Gasteiger partial charge >= 0.3 is 0 Å². The maximum Gasteiger partial charge on any atom is 0.219 e. The molecule has 2 aromatic rings. The molecule has 0 atom stereocenters. The Bertz CT molecular complexity index is 610. The maximum atomic E-state index is 5.42. The number of benzene rings is 1. The van der Waals surface area contributed by atoms with E-state index < -0.39 is 0 Å². The minimum Gasteiger partial charge on any atom is -0.481 e. The minimum absolute atomic E-state index is 0.0419. The Kier molecular flexibility index (Phi) is 3.80. The molecule has 0 aliphatic carbocycles. The van der Waals surface area contributed by atoms with Gasteiger partial charge in [-0.3, -0.25) is 0 Å². The lowest BCUT2D eigenvalue weighted by molar-refractivity contribution is 0.390. The molecule has 20 heavy (non-hydrogen) atoms. The molecule has 1 heterocycles. The summed E-state index contributed by atoms with van der Waals surface area (Å²) in [5.41, 5.74) is 4.23. The molecule has 2 rings (SSSR count). The Morgan fingerprint density at radius 2 is 1.55 bits per heavy atom. The molecule has 0 aliphatic rings. The van der Waals surface area contributed by atoms with Crippen LogP contribution in [0.5, 0.6) is 5.88 Å². The van der Waals surface area contributed by atoms with E-state index in [4.69, 9.17) is 9.72 Å². The lowest BCUT2D eigenvalue weighted by Gasteiger charge is -2.22. The van der Waals surface area contributed by atoms with Crippen LogP contribution in [-0.4, -0.2) is 17.1 Å². The molecule has 0 radical (unpaired) electrons. The molecule has 0 saturated heterocycles. The third kappa shape index (κ3) is 2.82. The molecule has 3 heteroatoms. The summed E-state index contributed by atoms with van der Waals surface area (Å²) in [6.07, 6.45) is 0. The van der Waals surface area contributed by atoms with Gasteiger partial charge in [0.25, 0.3) is 0 Å². The molecule has 3 nitrogen and oxygen atoms in total. The summed E-state index contributed by atoms with van der Waals surface area (Å²) in [6.45, 7) is 10.5. The SMILES string of the molecule is COc1nc(-c2ccc(C)cc2)nc(C(C)(C)C)c1C. The van der Waals surface area contributed by atoms with Gasteiger partial charge in [-0.05, 0) is 13.8 Å². The second kappa shape index (κ2) is 5.23. The Balaban J connectivity index is 2.63. The molecular formula is C17H22N2O. The average Bonchev–Trinajstić information content (AvgIpc) is 2.38. The highest BCUT2D eigenvalue weighted by atomic mass is 16.5. The molecule has 0 saturated carbocycles. The number of rotatable bonds is 2. The van der Waals surface area contributed by atoms with Crippen molar-refractivity contribution in [3.63, 3.8) is 0 Å². The van der Waals surface area contributed by atoms with Gasteiger partial charge in [-0.15, -0.1) is 0 Å². The predicted molar refractivity (Wildman–Crippen MR) is 82.2 cm³/mol. The molecule has 106 valence electrons. The zero-order valence-electron chi connectivity index (χ0n) is 13.1. The second-order valence-corrected chi connectivity index (χ2v) is 6.15. The normalized spacial score (nSPS) is 11.5. The average molecular weight is 270 g/mol. The van der Waals surface area contributed by atoms with Gasteiger partial charge in [0.1, 0.15) is 0 Å². The Labute approximate surface area is 121 Å². The first-order chi connectivity index (χ1) is 9.32. The quantitative estimate of drug-likeness (QED) is 0.825. The first kappa shape index (κ1) is 14.5. The number of hydrogen-bond acceptors (Lipinski definition) is 3. The van der Waals surface area contributed by atoms with Crippen LogP contribution in [0.15, 0.2) is 24.3 Å². The number of hydrogen-bond donors (Lipinski definition) is 0. The zero-order valence-corrected chi connectivity index (χ0v) is 13.1. The van der Waals surface area contributed by atoms with E-state index in [0.29, 0.717) is 5.88 Å². The molecule has 0 N–H and O–H groups in total. The van der Waals surface area contributed by atoms with E-state index in [1.165, 1.54) is 5.56 Å². The lowest BCUT2D eigenvalue weighted by atomic mass is 9.89. The lowest BCUT2D eigenvalue weighted by Crippen LogP contribution is -2.17. The van der Waals surface area contributed by atoms with Crippen LogP contribution in [0.1, 0.15) is 37.6 Å². The number of aryl methyl sites for hydroxylation is 1. The monoisotopic (exact) mass is 270 g/mol. The van der Waals surface area contributed by atoms with Crippen molar-refractivity contribution in [2.45, 2.75) is 40.0 Å². The second-order valence-electron chi connectivity index (χ2n) is 6.15. The van der Waals surface area contributed by atoms with Crippen LogP contribution >= 0.6 is 0 Å². The van der Waals surface area contributed by atoms with Crippen molar-refractivity contribution < 1.29 is 4.74 Å². The van der Waals surface area contributed by atoms with Crippen LogP contribution in [0, 0.1) is 13.8 Å². The van der Waals surface area contributed by atoms with Gasteiger partial charge in [-0.2, -0.15) is 4.98 Å². The van der Waals surface area contributed by atoms with Crippen LogP contribution in [0.4, 0.5) is 0 Å². The first-order valence-corrected chi connectivity index (χ1v) is 6.83. The van der Waals surface area contributed by atoms with Gasteiger partial charge < -0.3 is 4.74 Å². The van der Waals surface area contributed by atoms with Crippen molar-refractivity contribution in [1.82, 2.24) is 9.97 Å². The van der Waals surface area contributed by atoms with Gasteiger partial charge in [0, 0.05) is 16.5 Å². The zero-order chi connectivity index (χ0) is 14.9. The van der Waals surface area contributed by atoms with Gasteiger partial charge in [0.2, 0.25) is 5.88 Å². The fraction of sp³-hybridized carbons (Fsp3) is 0.412. The van der Waals surface area contributed by atoms with Gasteiger partial charge in [-0.25, -0.2) is 4.98 Å². The highest BCUT2D eigenvalue weighted by Crippen LogP contribution is 2.30. The summed E-state index contributed by atoms with van der Waals surface area (Å²) in [7, 11) is 1.65. The third-order valence-electron chi connectivity index (χ3n) is 3.31. The van der Waals surface area contributed by atoms with E-state index in [2.05, 4.69) is 44.8 Å². The highest BCUT2D eigenvalue weighted by molar-refractivity contribution is 5.57. The molecule has 1 aromatic heterocycles. The van der Waals surface area contributed by atoms with Crippen molar-refractivity contribution in [2.75, 3.05) is 7.11 Å². The van der Waals surface area contributed by atoms with Gasteiger partial charge in [0.05, 0.1) is 12.8 Å². The summed E-state index contributed by atoms with van der Waals surface area (Å²) in [6, 6.07) is 8.24. The van der Waals surface area contributed by atoms with Crippen molar-refractivity contribution >= 4 is 0 Å². The Hall–Kier alpha value is -1.90. The topological polar surface area (TPSA) is 35.0 Å². The van der Waals surface area contributed by atoms with E-state index in [1.54, 1.807) is 7.11 Å². The maximum absolute atomic E-state index is 5.42. The summed E-state index contributed by atoms with van der Waals surface area (Å²) >= 11 is 0. The molecule has 0 unspecified atom stereocenters. The van der Waals surface area contributed by atoms with E-state index in [0.717, 1.165) is 22.6 Å². The number of aromatic nitrogens is 2. The first-order valence-electron chi connectivity index (χ1n) is 6.83. The molecule has 0 bridgehead atoms. The van der Waals surface area contributed by atoms with Crippen LogP contribution in [0.3, 0.4) is 0 Å². The largest absolute Gasteiger partial charge is 0.481 e. The highest BCUT2D eigenvalue weighted by Gasteiger charge is 2.22. The van der Waals surface area contributed by atoms with Crippen molar-refractivity contribution in [3.05, 3.63) is 41.1 Å². The van der Waals surface area contributed by atoms with E-state index in [9.17, 15) is 0 Å². The van der Waals surface area contributed by atoms with Crippen LogP contribution in [-0.2, 0) is 5.41 Å². The van der Waals surface area contributed by atoms with E-state index in [1.807, 2.05) is 19.1 Å². The molecular weight excluding hydrogens is 248 g/mol. The predicted octanol–water partition coefficient (Wildman–Crippen LogP) is 4.07. The fourth-order valence-electron chi connectivity index (χ4n) is 2.26. The number of methoxy groups -OCH3 is 1. The van der Waals surface area contributed by atoms with Crippen molar-refractivity contribution in [1.29, 1.82) is 0 Å². The summed E-state index contributed by atoms with van der Waals surface area (Å²) in [4.78, 5) is 9.29. The van der Waals surface area contributed by atoms with Gasteiger partial charge in [-0.1, -0.05) is 50.6 Å². The van der Waals surface area contributed by atoms with E-state index >= 15 is 0 Å². The van der Waals surface area contributed by atoms with Crippen molar-refractivity contribution in [3.8, 4) is 17.3 Å². The Morgan fingerprint density at radius 1 is 0.950 bits per heavy atom. The summed E-state index contributed by atoms with van der Waals surface area (Å²) in [5, 5.41) is 0. The van der Waals surface area contributed by atoms with Crippen molar-refractivity contribution in [2.24, 2.45) is 0 Å². The molecule has 0 spiro atoms. The fourth-order valence-corrected chi connectivity index (χ4v) is 2.26. The van der Waals surface area contributed by atoms with Gasteiger partial charge in [0.15, 0.2) is 5.82 Å². The van der Waals surface area contributed by atoms with Crippen LogP contribution < -0.4 is 4.74 Å². The summed E-state index contributed by atoms with van der Waals surface area (Å²) < 4.78 is 5.42. The van der Waals surface area contributed by atoms with E-state index in [-0.39, 0.29) is 5.41 Å². The standard InChI is InChI=1S/C17H22N2O/c1-11-7-9-13(10-8-11)15-18-14(17(3,4)5)12(2)16(19-15)20-6/h7-10H,1-6H3. The Morgan fingerprint density at radius 3 is 2.05 bits per heavy atom. The number of nitrogens with zero attached hydrogens (tertiary/aromatic N) is 2. The third-order valence-corrected chi connectivity index (χ3v) is 3.31. The number of ether oxygens (including phenoxy) is 1. The van der Waals surface area contributed by atoms with Crippen LogP contribution in [0.2, 0.25) is 0 Å². The smallest absolute Gasteiger partial charge is 0.219 e. The minimum atomic E-state index is -0.0419.